The molecule has 1 aromatic rings. The highest BCUT2D eigenvalue weighted by atomic mass is 16.5. The van der Waals surface area contributed by atoms with Crippen LogP contribution in [0.4, 0.5) is 0 Å². The van der Waals surface area contributed by atoms with Crippen LogP contribution in [0.2, 0.25) is 0 Å². The minimum atomic E-state index is -0.600. The summed E-state index contributed by atoms with van der Waals surface area (Å²) in [7, 11) is 6.10. The number of ether oxygens (including phenoxy) is 3. The van der Waals surface area contributed by atoms with Crippen LogP contribution in [0.25, 0.3) is 0 Å². The van der Waals surface area contributed by atoms with Gasteiger partial charge in [-0.25, -0.2) is 0 Å². The first-order valence-corrected chi connectivity index (χ1v) is 5.56. The number of likely N-dealkylation sites (N-methyl/N-ethyl adjacent to an activating group) is 1. The van der Waals surface area contributed by atoms with Gasteiger partial charge in [-0.2, -0.15) is 0 Å². The van der Waals surface area contributed by atoms with Crippen molar-refractivity contribution in [1.29, 1.82) is 0 Å². The summed E-state index contributed by atoms with van der Waals surface area (Å²) >= 11 is 0. The molecule has 0 aliphatic carbocycles. The van der Waals surface area contributed by atoms with Gasteiger partial charge in [0.15, 0.2) is 11.5 Å². The van der Waals surface area contributed by atoms with Gasteiger partial charge >= 0.3 is 0 Å². The van der Waals surface area contributed by atoms with Gasteiger partial charge in [0, 0.05) is 25.2 Å². The number of benzene rings is 1. The molecular weight excluding hydrogens is 250 g/mol. The molecule has 6 heteroatoms. The first kappa shape index (κ1) is 14.8. The van der Waals surface area contributed by atoms with Crippen molar-refractivity contribution in [1.82, 2.24) is 4.90 Å². The van der Waals surface area contributed by atoms with E-state index in [0.717, 1.165) is 5.56 Å². The third kappa shape index (κ3) is 3.37. The van der Waals surface area contributed by atoms with E-state index in [4.69, 9.17) is 14.2 Å². The molecule has 0 fully saturated rings. The van der Waals surface area contributed by atoms with E-state index in [2.05, 4.69) is 0 Å². The van der Waals surface area contributed by atoms with E-state index in [-0.39, 0.29) is 12.8 Å². The number of nitrogens with zero attached hydrogens (tertiary/aromatic N) is 1. The number of methoxy groups -OCH3 is 3. The molecule has 0 aromatic heterocycles. The zero-order valence-electron chi connectivity index (χ0n) is 11.4. The van der Waals surface area contributed by atoms with Gasteiger partial charge in [-0.15, -0.1) is 0 Å². The molecule has 1 rings (SSSR count). The molecule has 1 aromatic carbocycles. The lowest BCUT2D eigenvalue weighted by Crippen LogP contribution is -2.27. The van der Waals surface area contributed by atoms with Gasteiger partial charge in [0.05, 0.1) is 21.3 Å². The molecule has 0 saturated heterocycles. The standard InChI is InChI=1S/C13H17NO5/c1-14(13(16)8-15)7-9-5-11(18-3)12(19-4)6-10(9)17-2/h5-6,8H,7H2,1-4H3. The number of rotatable bonds is 6. The molecule has 0 heterocycles. The maximum absolute atomic E-state index is 11.3. The Balaban J connectivity index is 3.11. The van der Waals surface area contributed by atoms with E-state index in [1.54, 1.807) is 12.1 Å². The van der Waals surface area contributed by atoms with Crippen molar-refractivity contribution >= 4 is 12.2 Å². The number of amides is 1. The van der Waals surface area contributed by atoms with Crippen molar-refractivity contribution in [2.45, 2.75) is 6.54 Å². The summed E-state index contributed by atoms with van der Waals surface area (Å²) in [5.41, 5.74) is 0.720. The molecule has 104 valence electrons. The summed E-state index contributed by atoms with van der Waals surface area (Å²) in [6, 6.07) is 3.39. The lowest BCUT2D eigenvalue weighted by atomic mass is 10.1. The number of hydrogen-bond donors (Lipinski definition) is 0. The van der Waals surface area contributed by atoms with Gasteiger partial charge in [-0.3, -0.25) is 9.59 Å². The average Bonchev–Trinajstić information content (AvgIpc) is 2.45. The van der Waals surface area contributed by atoms with E-state index < -0.39 is 5.91 Å². The van der Waals surface area contributed by atoms with Gasteiger partial charge in [-0.1, -0.05) is 0 Å². The van der Waals surface area contributed by atoms with E-state index in [1.165, 1.54) is 33.3 Å². The SMILES string of the molecule is COc1cc(OC)c(OC)cc1CN(C)C(=O)C=O. The summed E-state index contributed by atoms with van der Waals surface area (Å²) < 4.78 is 15.6. The number of aldehydes is 1. The van der Waals surface area contributed by atoms with Gasteiger partial charge in [0.1, 0.15) is 5.75 Å². The van der Waals surface area contributed by atoms with Crippen LogP contribution in [-0.2, 0) is 16.1 Å². The van der Waals surface area contributed by atoms with Crippen molar-refractivity contribution in [3.63, 3.8) is 0 Å². The third-order valence-electron chi connectivity index (χ3n) is 2.67. The molecule has 0 radical (unpaired) electrons. The number of hydrogen-bond acceptors (Lipinski definition) is 5. The zero-order valence-corrected chi connectivity index (χ0v) is 11.4. The van der Waals surface area contributed by atoms with Crippen molar-refractivity contribution in [3.05, 3.63) is 17.7 Å². The van der Waals surface area contributed by atoms with Gasteiger partial charge in [-0.05, 0) is 6.07 Å². The largest absolute Gasteiger partial charge is 0.496 e. The topological polar surface area (TPSA) is 65.1 Å². The van der Waals surface area contributed by atoms with E-state index in [1.807, 2.05) is 0 Å². The van der Waals surface area contributed by atoms with Crippen LogP contribution in [0.3, 0.4) is 0 Å². The quantitative estimate of drug-likeness (QED) is 0.565. The Morgan fingerprint density at radius 2 is 1.63 bits per heavy atom. The van der Waals surface area contributed by atoms with E-state index in [0.29, 0.717) is 17.2 Å². The highest BCUT2D eigenvalue weighted by Gasteiger charge is 2.15. The maximum Gasteiger partial charge on any atom is 0.286 e. The zero-order chi connectivity index (χ0) is 14.4. The van der Waals surface area contributed by atoms with Crippen molar-refractivity contribution in [3.8, 4) is 17.2 Å². The van der Waals surface area contributed by atoms with Crippen LogP contribution in [0.5, 0.6) is 17.2 Å². The minimum Gasteiger partial charge on any atom is -0.496 e. The smallest absolute Gasteiger partial charge is 0.286 e. The van der Waals surface area contributed by atoms with E-state index >= 15 is 0 Å². The molecule has 1 amide bonds. The summed E-state index contributed by atoms with van der Waals surface area (Å²) in [5, 5.41) is 0. The van der Waals surface area contributed by atoms with Crippen LogP contribution in [-0.4, -0.2) is 45.5 Å². The third-order valence-corrected chi connectivity index (χ3v) is 2.67. The van der Waals surface area contributed by atoms with Gasteiger partial charge < -0.3 is 19.1 Å². The highest BCUT2D eigenvalue weighted by molar-refractivity contribution is 6.23. The fourth-order valence-corrected chi connectivity index (χ4v) is 1.64. The Bertz CT molecular complexity index is 472. The summed E-state index contributed by atoms with van der Waals surface area (Å²) in [4.78, 5) is 23.0. The molecule has 0 spiro atoms. The highest BCUT2D eigenvalue weighted by Crippen LogP contribution is 2.35. The average molecular weight is 267 g/mol. The fraction of sp³-hybridized carbons (Fsp3) is 0.385. The maximum atomic E-state index is 11.3. The fourth-order valence-electron chi connectivity index (χ4n) is 1.64. The monoisotopic (exact) mass is 267 g/mol. The molecule has 0 saturated carbocycles. The molecule has 0 aliphatic heterocycles. The Kier molecular flexibility index (Phi) is 5.17. The number of carbonyl (C=O) groups excluding carboxylic acids is 2. The van der Waals surface area contributed by atoms with Gasteiger partial charge in [0.2, 0.25) is 6.29 Å². The van der Waals surface area contributed by atoms with Crippen LogP contribution in [0.15, 0.2) is 12.1 Å². The second-order valence-electron chi connectivity index (χ2n) is 3.83. The molecule has 0 N–H and O–H groups in total. The molecule has 0 unspecified atom stereocenters. The van der Waals surface area contributed by atoms with Crippen LogP contribution < -0.4 is 14.2 Å². The first-order chi connectivity index (χ1) is 9.07. The molecular formula is C13H17NO5. The van der Waals surface area contributed by atoms with Crippen molar-refractivity contribution in [2.75, 3.05) is 28.4 Å². The molecule has 0 atom stereocenters. The Morgan fingerprint density at radius 3 is 2.11 bits per heavy atom. The lowest BCUT2D eigenvalue weighted by Gasteiger charge is -2.18. The Morgan fingerprint density at radius 1 is 1.11 bits per heavy atom. The number of carbonyl (C=O) groups is 2. The van der Waals surface area contributed by atoms with Crippen LogP contribution in [0.1, 0.15) is 5.56 Å². The van der Waals surface area contributed by atoms with Crippen LogP contribution in [0, 0.1) is 0 Å². The predicted octanol–water partition coefficient (Wildman–Crippen LogP) is 0.870. The van der Waals surface area contributed by atoms with Gasteiger partial charge in [0.25, 0.3) is 5.91 Å². The summed E-state index contributed by atoms with van der Waals surface area (Å²) in [5.74, 6) is 1.03. The normalized spacial score (nSPS) is 9.68. The lowest BCUT2D eigenvalue weighted by molar-refractivity contribution is -0.138. The summed E-state index contributed by atoms with van der Waals surface area (Å²) in [6.07, 6.45) is 0.271. The van der Waals surface area contributed by atoms with Crippen molar-refractivity contribution < 1.29 is 23.8 Å². The predicted molar refractivity (Wildman–Crippen MR) is 68.6 cm³/mol. The van der Waals surface area contributed by atoms with E-state index in [9.17, 15) is 9.59 Å². The first-order valence-electron chi connectivity index (χ1n) is 5.56. The second kappa shape index (κ2) is 6.63. The van der Waals surface area contributed by atoms with Crippen molar-refractivity contribution in [2.24, 2.45) is 0 Å². The molecule has 6 nitrogen and oxygen atoms in total. The minimum absolute atomic E-state index is 0.237. The Labute approximate surface area is 111 Å². The molecule has 0 bridgehead atoms. The second-order valence-corrected chi connectivity index (χ2v) is 3.83. The van der Waals surface area contributed by atoms with Crippen LogP contribution >= 0.6 is 0 Å². The summed E-state index contributed by atoms with van der Waals surface area (Å²) in [6.45, 7) is 0.237. The molecule has 0 aliphatic rings. The molecule has 19 heavy (non-hydrogen) atoms. The Hall–Kier alpha value is -2.24.